The van der Waals surface area contributed by atoms with Crippen LogP contribution < -0.4 is 5.73 Å². The molecular formula is C12H24N2O2. The van der Waals surface area contributed by atoms with Gasteiger partial charge in [-0.05, 0) is 12.3 Å². The van der Waals surface area contributed by atoms with E-state index in [1.54, 1.807) is 4.90 Å². The molecule has 2 unspecified atom stereocenters. The minimum absolute atomic E-state index is 0.101. The second kappa shape index (κ2) is 6.74. The molecule has 1 saturated heterocycles. The fourth-order valence-corrected chi connectivity index (χ4v) is 2.08. The van der Waals surface area contributed by atoms with Crippen molar-refractivity contribution < 1.29 is 9.53 Å². The summed E-state index contributed by atoms with van der Waals surface area (Å²) in [7, 11) is 0. The standard InChI is InChI=1S/C12H24N2O2/c1-3-5-6-10(4-2)8-14-9-11(7-13)16-12(14)15/h10-11H,3-9,13H2,1-2H3. The van der Waals surface area contributed by atoms with Gasteiger partial charge >= 0.3 is 6.09 Å². The highest BCUT2D eigenvalue weighted by Crippen LogP contribution is 2.18. The SMILES string of the molecule is CCCCC(CC)CN1CC(CN)OC1=O. The average Bonchev–Trinajstić information content (AvgIpc) is 2.65. The van der Waals surface area contributed by atoms with Crippen molar-refractivity contribution in [1.82, 2.24) is 4.90 Å². The number of hydrogen-bond donors (Lipinski definition) is 1. The molecule has 0 aromatic carbocycles. The minimum atomic E-state index is -0.189. The molecule has 1 fully saturated rings. The highest BCUT2D eigenvalue weighted by molar-refractivity contribution is 5.69. The first-order chi connectivity index (χ1) is 7.71. The van der Waals surface area contributed by atoms with Crippen molar-refractivity contribution in [3.8, 4) is 0 Å². The minimum Gasteiger partial charge on any atom is -0.443 e. The fraction of sp³-hybridized carbons (Fsp3) is 0.917. The van der Waals surface area contributed by atoms with Gasteiger partial charge in [-0.25, -0.2) is 4.79 Å². The van der Waals surface area contributed by atoms with E-state index >= 15 is 0 Å². The summed E-state index contributed by atoms with van der Waals surface area (Å²) in [6.45, 7) is 6.29. The maximum absolute atomic E-state index is 11.5. The molecule has 0 bridgehead atoms. The number of amides is 1. The summed E-state index contributed by atoms with van der Waals surface area (Å²) in [5.41, 5.74) is 5.50. The number of rotatable bonds is 7. The zero-order valence-electron chi connectivity index (χ0n) is 10.4. The second-order valence-corrected chi connectivity index (χ2v) is 4.56. The van der Waals surface area contributed by atoms with E-state index < -0.39 is 0 Å². The van der Waals surface area contributed by atoms with E-state index in [0.29, 0.717) is 19.0 Å². The maximum atomic E-state index is 11.5. The first kappa shape index (κ1) is 13.3. The van der Waals surface area contributed by atoms with Crippen LogP contribution >= 0.6 is 0 Å². The number of carbonyl (C=O) groups is 1. The molecule has 4 nitrogen and oxygen atoms in total. The van der Waals surface area contributed by atoms with Crippen LogP contribution in [0.4, 0.5) is 4.79 Å². The van der Waals surface area contributed by atoms with Crippen LogP contribution in [0.3, 0.4) is 0 Å². The van der Waals surface area contributed by atoms with Crippen LogP contribution in [0.5, 0.6) is 0 Å². The number of nitrogens with zero attached hydrogens (tertiary/aromatic N) is 1. The van der Waals surface area contributed by atoms with E-state index in [1.807, 2.05) is 0 Å². The Bertz CT molecular complexity index is 221. The van der Waals surface area contributed by atoms with Crippen LogP contribution in [0.2, 0.25) is 0 Å². The molecule has 4 heteroatoms. The predicted molar refractivity (Wildman–Crippen MR) is 64.2 cm³/mol. The molecule has 0 radical (unpaired) electrons. The number of ether oxygens (including phenoxy) is 1. The normalized spacial score (nSPS) is 22.3. The molecule has 1 amide bonds. The Morgan fingerprint density at radius 2 is 2.31 bits per heavy atom. The molecule has 94 valence electrons. The summed E-state index contributed by atoms with van der Waals surface area (Å²) < 4.78 is 5.13. The summed E-state index contributed by atoms with van der Waals surface area (Å²) in [5.74, 6) is 0.601. The van der Waals surface area contributed by atoms with Gasteiger partial charge in [0.15, 0.2) is 0 Å². The molecule has 2 atom stereocenters. The number of hydrogen-bond acceptors (Lipinski definition) is 3. The maximum Gasteiger partial charge on any atom is 0.410 e. The van der Waals surface area contributed by atoms with Crippen molar-refractivity contribution >= 4 is 6.09 Å². The van der Waals surface area contributed by atoms with E-state index in [4.69, 9.17) is 10.5 Å². The van der Waals surface area contributed by atoms with Crippen molar-refractivity contribution in [2.24, 2.45) is 11.7 Å². The Balaban J connectivity index is 2.36. The molecule has 1 aliphatic rings. The lowest BCUT2D eigenvalue weighted by Crippen LogP contribution is -2.32. The topological polar surface area (TPSA) is 55.6 Å². The van der Waals surface area contributed by atoms with E-state index in [1.165, 1.54) is 19.3 Å². The Morgan fingerprint density at radius 3 is 2.81 bits per heavy atom. The van der Waals surface area contributed by atoms with Gasteiger partial charge in [0.25, 0.3) is 0 Å². The molecule has 1 heterocycles. The highest BCUT2D eigenvalue weighted by atomic mass is 16.6. The highest BCUT2D eigenvalue weighted by Gasteiger charge is 2.31. The van der Waals surface area contributed by atoms with E-state index in [2.05, 4.69) is 13.8 Å². The van der Waals surface area contributed by atoms with Crippen LogP contribution in [-0.2, 0) is 4.74 Å². The second-order valence-electron chi connectivity index (χ2n) is 4.56. The van der Waals surface area contributed by atoms with Gasteiger partial charge in [-0.2, -0.15) is 0 Å². The predicted octanol–water partition coefficient (Wildman–Crippen LogP) is 1.98. The summed E-state index contributed by atoms with van der Waals surface area (Å²) in [6, 6.07) is 0. The van der Waals surface area contributed by atoms with Crippen LogP contribution in [0.1, 0.15) is 39.5 Å². The summed E-state index contributed by atoms with van der Waals surface area (Å²) in [5, 5.41) is 0. The number of cyclic esters (lactones) is 1. The molecule has 0 aromatic rings. The first-order valence-electron chi connectivity index (χ1n) is 6.36. The lowest BCUT2D eigenvalue weighted by molar-refractivity contribution is 0.132. The molecule has 16 heavy (non-hydrogen) atoms. The lowest BCUT2D eigenvalue weighted by Gasteiger charge is -2.20. The number of carbonyl (C=O) groups excluding carboxylic acids is 1. The summed E-state index contributed by atoms with van der Waals surface area (Å²) in [4.78, 5) is 13.3. The summed E-state index contributed by atoms with van der Waals surface area (Å²) >= 11 is 0. The Hall–Kier alpha value is -0.770. The molecule has 0 saturated carbocycles. The third-order valence-electron chi connectivity index (χ3n) is 3.23. The van der Waals surface area contributed by atoms with Crippen LogP contribution in [-0.4, -0.2) is 36.7 Å². The molecule has 0 spiro atoms. The molecule has 2 N–H and O–H groups in total. The number of unbranched alkanes of at least 4 members (excludes halogenated alkanes) is 1. The smallest absolute Gasteiger partial charge is 0.410 e. The monoisotopic (exact) mass is 228 g/mol. The van der Waals surface area contributed by atoms with Crippen LogP contribution in [0, 0.1) is 5.92 Å². The Morgan fingerprint density at radius 1 is 1.56 bits per heavy atom. The summed E-state index contributed by atoms with van der Waals surface area (Å²) in [6.07, 6.45) is 4.48. The molecular weight excluding hydrogens is 204 g/mol. The quantitative estimate of drug-likeness (QED) is 0.725. The molecule has 0 aliphatic carbocycles. The van der Waals surface area contributed by atoms with Crippen LogP contribution in [0.25, 0.3) is 0 Å². The van der Waals surface area contributed by atoms with Crippen molar-refractivity contribution in [3.63, 3.8) is 0 Å². The van der Waals surface area contributed by atoms with Gasteiger partial charge < -0.3 is 15.4 Å². The van der Waals surface area contributed by atoms with Crippen molar-refractivity contribution in [2.45, 2.75) is 45.6 Å². The van der Waals surface area contributed by atoms with Gasteiger partial charge in [0.05, 0.1) is 6.54 Å². The lowest BCUT2D eigenvalue weighted by atomic mass is 9.99. The molecule has 1 rings (SSSR count). The van der Waals surface area contributed by atoms with E-state index in [0.717, 1.165) is 13.0 Å². The van der Waals surface area contributed by atoms with Crippen molar-refractivity contribution in [1.29, 1.82) is 0 Å². The first-order valence-corrected chi connectivity index (χ1v) is 6.36. The largest absolute Gasteiger partial charge is 0.443 e. The Labute approximate surface area is 98.1 Å². The Kier molecular flexibility index (Phi) is 5.60. The fourth-order valence-electron chi connectivity index (χ4n) is 2.08. The van der Waals surface area contributed by atoms with Crippen molar-refractivity contribution in [2.75, 3.05) is 19.6 Å². The number of nitrogens with two attached hydrogens (primary N) is 1. The van der Waals surface area contributed by atoms with Gasteiger partial charge in [0.1, 0.15) is 6.10 Å². The van der Waals surface area contributed by atoms with Gasteiger partial charge in [-0.1, -0.05) is 33.1 Å². The van der Waals surface area contributed by atoms with Gasteiger partial charge in [-0.3, -0.25) is 0 Å². The van der Waals surface area contributed by atoms with Crippen molar-refractivity contribution in [3.05, 3.63) is 0 Å². The zero-order chi connectivity index (χ0) is 12.0. The van der Waals surface area contributed by atoms with Gasteiger partial charge in [0.2, 0.25) is 0 Å². The van der Waals surface area contributed by atoms with E-state index in [-0.39, 0.29) is 12.2 Å². The third-order valence-corrected chi connectivity index (χ3v) is 3.23. The molecule has 0 aromatic heterocycles. The van der Waals surface area contributed by atoms with E-state index in [9.17, 15) is 4.79 Å². The average molecular weight is 228 g/mol. The van der Waals surface area contributed by atoms with Gasteiger partial charge in [-0.15, -0.1) is 0 Å². The zero-order valence-corrected chi connectivity index (χ0v) is 10.4. The van der Waals surface area contributed by atoms with Gasteiger partial charge in [0, 0.05) is 13.1 Å². The third kappa shape index (κ3) is 3.67. The van der Waals surface area contributed by atoms with Crippen LogP contribution in [0.15, 0.2) is 0 Å². The molecule has 1 aliphatic heterocycles.